The number of hydrogen-bond acceptors (Lipinski definition) is 5. The molecular formula is C23H24FN3O2S. The van der Waals surface area contributed by atoms with Gasteiger partial charge in [-0.3, -0.25) is 9.36 Å². The average molecular weight is 426 g/mol. The number of carbonyl (C=O) groups excluding carboxylic acids is 1. The largest absolute Gasteiger partial charge is 0.376 e. The van der Waals surface area contributed by atoms with E-state index in [0.29, 0.717) is 17.5 Å². The molecule has 2 aromatic carbocycles. The van der Waals surface area contributed by atoms with Crippen LogP contribution >= 0.6 is 11.8 Å². The first-order chi connectivity index (χ1) is 14.5. The van der Waals surface area contributed by atoms with E-state index < -0.39 is 0 Å². The van der Waals surface area contributed by atoms with Gasteiger partial charge >= 0.3 is 0 Å². The summed E-state index contributed by atoms with van der Waals surface area (Å²) in [5.74, 6) is 0.707. The zero-order valence-electron chi connectivity index (χ0n) is 17.1. The molecule has 0 saturated carbocycles. The van der Waals surface area contributed by atoms with E-state index in [1.807, 2.05) is 36.6 Å². The molecule has 0 radical (unpaired) electrons. The first-order valence-electron chi connectivity index (χ1n) is 10.1. The van der Waals surface area contributed by atoms with Crippen LogP contribution in [0.15, 0.2) is 47.6 Å². The molecule has 1 aliphatic rings. The van der Waals surface area contributed by atoms with Gasteiger partial charge in [-0.25, -0.2) is 4.39 Å². The second kappa shape index (κ2) is 9.10. The van der Waals surface area contributed by atoms with Crippen molar-refractivity contribution >= 4 is 17.5 Å². The van der Waals surface area contributed by atoms with E-state index in [1.54, 1.807) is 12.1 Å². The second-order valence-corrected chi connectivity index (χ2v) is 8.53. The van der Waals surface area contributed by atoms with E-state index in [4.69, 9.17) is 4.74 Å². The molecule has 7 heteroatoms. The van der Waals surface area contributed by atoms with Gasteiger partial charge in [-0.05, 0) is 62.6 Å². The second-order valence-electron chi connectivity index (χ2n) is 7.59. The van der Waals surface area contributed by atoms with Gasteiger partial charge in [0.25, 0.3) is 0 Å². The Morgan fingerprint density at radius 2 is 2.00 bits per heavy atom. The molecule has 0 spiro atoms. The van der Waals surface area contributed by atoms with Gasteiger partial charge in [0.15, 0.2) is 16.8 Å². The average Bonchev–Trinajstić information content (AvgIpc) is 3.39. The minimum Gasteiger partial charge on any atom is -0.376 e. The van der Waals surface area contributed by atoms with Gasteiger partial charge in [0.2, 0.25) is 0 Å². The molecule has 1 fully saturated rings. The maximum atomic E-state index is 13.4. The number of aromatic nitrogens is 3. The fourth-order valence-electron chi connectivity index (χ4n) is 3.61. The molecule has 0 aliphatic carbocycles. The lowest BCUT2D eigenvalue weighted by Gasteiger charge is -2.15. The van der Waals surface area contributed by atoms with Crippen molar-refractivity contribution in [1.29, 1.82) is 0 Å². The standard InChI is InChI=1S/C23H24FN3O2S/c1-15-5-6-16(2)20(12-15)21(28)14-30-23-26-25-22(17-7-9-18(24)10-8-17)27(23)13-19-4-3-11-29-19/h5-10,12,19H,3-4,11,13-14H2,1-2H3. The number of benzene rings is 2. The Morgan fingerprint density at radius 3 is 2.73 bits per heavy atom. The highest BCUT2D eigenvalue weighted by molar-refractivity contribution is 7.99. The molecule has 2 heterocycles. The van der Waals surface area contributed by atoms with Gasteiger partial charge in [0, 0.05) is 17.7 Å². The monoisotopic (exact) mass is 425 g/mol. The molecule has 1 atom stereocenters. The van der Waals surface area contributed by atoms with E-state index in [0.717, 1.165) is 41.7 Å². The minimum absolute atomic E-state index is 0.0659. The number of ketones is 1. The third-order valence-corrected chi connectivity index (χ3v) is 6.22. The molecule has 0 N–H and O–H groups in total. The van der Waals surface area contributed by atoms with Gasteiger partial charge in [-0.1, -0.05) is 29.5 Å². The summed E-state index contributed by atoms with van der Waals surface area (Å²) in [5, 5.41) is 9.35. The Bertz CT molecular complexity index is 1040. The summed E-state index contributed by atoms with van der Waals surface area (Å²) < 4.78 is 21.2. The number of carbonyl (C=O) groups is 1. The number of hydrogen-bond donors (Lipinski definition) is 0. The normalized spacial score (nSPS) is 16.2. The van der Waals surface area contributed by atoms with Crippen molar-refractivity contribution in [1.82, 2.24) is 14.8 Å². The molecule has 1 unspecified atom stereocenters. The van der Waals surface area contributed by atoms with Gasteiger partial charge in [-0.15, -0.1) is 10.2 Å². The molecule has 0 amide bonds. The van der Waals surface area contributed by atoms with Crippen LogP contribution < -0.4 is 0 Å². The number of ether oxygens (including phenoxy) is 1. The molecule has 0 bridgehead atoms. The van der Waals surface area contributed by atoms with E-state index in [9.17, 15) is 9.18 Å². The van der Waals surface area contributed by atoms with Gasteiger partial charge in [-0.2, -0.15) is 0 Å². The Balaban J connectivity index is 1.58. The summed E-state index contributed by atoms with van der Waals surface area (Å²) in [6, 6.07) is 12.1. The number of nitrogens with zero attached hydrogens (tertiary/aromatic N) is 3. The van der Waals surface area contributed by atoms with Gasteiger partial charge < -0.3 is 4.74 Å². The van der Waals surface area contributed by atoms with Crippen LogP contribution in [0.4, 0.5) is 4.39 Å². The minimum atomic E-state index is -0.294. The Kier molecular flexibility index (Phi) is 6.29. The van der Waals surface area contributed by atoms with E-state index in [2.05, 4.69) is 10.2 Å². The first-order valence-corrected chi connectivity index (χ1v) is 11.0. The molecule has 1 aromatic heterocycles. The predicted molar refractivity (Wildman–Crippen MR) is 115 cm³/mol. The quantitative estimate of drug-likeness (QED) is 0.400. The van der Waals surface area contributed by atoms with Crippen LogP contribution in [0.5, 0.6) is 0 Å². The Morgan fingerprint density at radius 1 is 1.20 bits per heavy atom. The van der Waals surface area contributed by atoms with Crippen molar-refractivity contribution in [3.8, 4) is 11.4 Å². The maximum Gasteiger partial charge on any atom is 0.192 e. The maximum absolute atomic E-state index is 13.4. The highest BCUT2D eigenvalue weighted by atomic mass is 32.2. The summed E-state index contributed by atoms with van der Waals surface area (Å²) in [7, 11) is 0. The lowest BCUT2D eigenvalue weighted by Crippen LogP contribution is -2.17. The SMILES string of the molecule is Cc1ccc(C)c(C(=O)CSc2nnc(-c3ccc(F)cc3)n2CC2CCCO2)c1. The highest BCUT2D eigenvalue weighted by Crippen LogP contribution is 2.27. The summed E-state index contributed by atoms with van der Waals surface area (Å²) in [6.45, 7) is 5.30. The topological polar surface area (TPSA) is 57.0 Å². The highest BCUT2D eigenvalue weighted by Gasteiger charge is 2.22. The van der Waals surface area contributed by atoms with Crippen LogP contribution in [-0.4, -0.2) is 39.0 Å². The Labute approximate surface area is 179 Å². The summed E-state index contributed by atoms with van der Waals surface area (Å²) in [6.07, 6.45) is 2.10. The fourth-order valence-corrected chi connectivity index (χ4v) is 4.44. The lowest BCUT2D eigenvalue weighted by molar-refractivity contribution is 0.0953. The number of rotatable bonds is 7. The van der Waals surface area contributed by atoms with Crippen molar-refractivity contribution in [3.63, 3.8) is 0 Å². The van der Waals surface area contributed by atoms with Crippen molar-refractivity contribution in [2.45, 2.75) is 44.5 Å². The smallest absolute Gasteiger partial charge is 0.192 e. The van der Waals surface area contributed by atoms with E-state index in [-0.39, 0.29) is 23.5 Å². The number of thioether (sulfide) groups is 1. The molecule has 3 aromatic rings. The summed E-state index contributed by atoms with van der Waals surface area (Å²) in [4.78, 5) is 12.8. The first kappa shape index (κ1) is 20.8. The van der Waals surface area contributed by atoms with Crippen molar-refractivity contribution in [2.24, 2.45) is 0 Å². The van der Waals surface area contributed by atoms with E-state index >= 15 is 0 Å². The van der Waals surface area contributed by atoms with Crippen molar-refractivity contribution in [3.05, 3.63) is 65.0 Å². The number of Topliss-reactive ketones (excluding diaryl/α,β-unsaturated/α-hetero) is 1. The predicted octanol–water partition coefficient (Wildman–Crippen LogP) is 4.86. The third kappa shape index (κ3) is 4.63. The van der Waals surface area contributed by atoms with Gasteiger partial charge in [0.05, 0.1) is 18.4 Å². The summed E-state index contributed by atoms with van der Waals surface area (Å²) in [5.41, 5.74) is 3.56. The molecule has 5 nitrogen and oxygen atoms in total. The molecule has 156 valence electrons. The number of halogens is 1. The number of aryl methyl sites for hydroxylation is 2. The zero-order valence-corrected chi connectivity index (χ0v) is 17.9. The molecule has 1 saturated heterocycles. The lowest BCUT2D eigenvalue weighted by atomic mass is 10.0. The van der Waals surface area contributed by atoms with Crippen LogP contribution in [0.3, 0.4) is 0 Å². The van der Waals surface area contributed by atoms with Crippen LogP contribution in [0.1, 0.15) is 34.3 Å². The fraction of sp³-hybridized carbons (Fsp3) is 0.348. The van der Waals surface area contributed by atoms with Crippen molar-refractivity contribution < 1.29 is 13.9 Å². The van der Waals surface area contributed by atoms with E-state index in [1.165, 1.54) is 23.9 Å². The molecular weight excluding hydrogens is 401 g/mol. The van der Waals surface area contributed by atoms with Crippen molar-refractivity contribution in [2.75, 3.05) is 12.4 Å². The molecule has 30 heavy (non-hydrogen) atoms. The van der Waals surface area contributed by atoms with Crippen LogP contribution in [-0.2, 0) is 11.3 Å². The third-order valence-electron chi connectivity index (χ3n) is 5.26. The summed E-state index contributed by atoms with van der Waals surface area (Å²) >= 11 is 1.38. The Hall–Kier alpha value is -2.51. The molecule has 4 rings (SSSR count). The van der Waals surface area contributed by atoms with Crippen LogP contribution in [0.25, 0.3) is 11.4 Å². The molecule has 1 aliphatic heterocycles. The van der Waals surface area contributed by atoms with Gasteiger partial charge in [0.1, 0.15) is 5.82 Å². The zero-order chi connectivity index (χ0) is 21.1. The van der Waals surface area contributed by atoms with Crippen LogP contribution in [0.2, 0.25) is 0 Å². The van der Waals surface area contributed by atoms with Crippen LogP contribution in [0, 0.1) is 19.7 Å².